The summed E-state index contributed by atoms with van der Waals surface area (Å²) in [5.74, 6) is 0.341. The second-order valence-corrected chi connectivity index (χ2v) is 8.11. The van der Waals surface area contributed by atoms with Crippen LogP contribution in [0.15, 0.2) is 41.8 Å². The van der Waals surface area contributed by atoms with Crippen LogP contribution in [0.1, 0.15) is 13.8 Å². The van der Waals surface area contributed by atoms with Crippen LogP contribution < -0.4 is 5.32 Å². The van der Waals surface area contributed by atoms with Gasteiger partial charge < -0.3 is 5.32 Å². The van der Waals surface area contributed by atoms with E-state index in [0.717, 1.165) is 11.3 Å². The van der Waals surface area contributed by atoms with Crippen molar-refractivity contribution in [1.82, 2.24) is 0 Å². The van der Waals surface area contributed by atoms with Crippen LogP contribution in [0.2, 0.25) is 0 Å². The molecule has 0 saturated carbocycles. The Bertz CT molecular complexity index is 648. The molecule has 20 heavy (non-hydrogen) atoms. The third-order valence-corrected chi connectivity index (χ3v) is 5.85. The van der Waals surface area contributed by atoms with E-state index in [2.05, 4.69) is 17.4 Å². The van der Waals surface area contributed by atoms with E-state index >= 15 is 0 Å². The number of rotatable bonds is 6. The molecule has 1 aromatic heterocycles. The average Bonchev–Trinajstić information content (AvgIpc) is 2.92. The SMILES string of the molecule is CCS(=O)(=O)CC(C)Nc1ccccc1-c1cccs1. The van der Waals surface area contributed by atoms with Crippen LogP contribution >= 0.6 is 11.3 Å². The molecule has 0 aliphatic heterocycles. The van der Waals surface area contributed by atoms with Crippen LogP contribution in [-0.2, 0) is 9.84 Å². The monoisotopic (exact) mass is 309 g/mol. The summed E-state index contributed by atoms with van der Waals surface area (Å²) in [5, 5.41) is 5.36. The minimum atomic E-state index is -2.97. The van der Waals surface area contributed by atoms with E-state index in [1.54, 1.807) is 18.3 Å². The lowest BCUT2D eigenvalue weighted by atomic mass is 10.1. The van der Waals surface area contributed by atoms with Gasteiger partial charge in [0, 0.05) is 27.9 Å². The van der Waals surface area contributed by atoms with E-state index in [1.807, 2.05) is 36.6 Å². The highest BCUT2D eigenvalue weighted by atomic mass is 32.2. The Morgan fingerprint density at radius 2 is 1.95 bits per heavy atom. The Morgan fingerprint density at radius 3 is 2.60 bits per heavy atom. The van der Waals surface area contributed by atoms with Crippen molar-refractivity contribution in [2.24, 2.45) is 0 Å². The normalized spacial score (nSPS) is 13.1. The Hall–Kier alpha value is -1.33. The topological polar surface area (TPSA) is 46.2 Å². The van der Waals surface area contributed by atoms with Crippen molar-refractivity contribution in [3.05, 3.63) is 41.8 Å². The molecule has 108 valence electrons. The van der Waals surface area contributed by atoms with Gasteiger partial charge in [-0.15, -0.1) is 11.3 Å². The zero-order chi connectivity index (χ0) is 14.6. The Balaban J connectivity index is 2.18. The third kappa shape index (κ3) is 3.84. The minimum absolute atomic E-state index is 0.110. The summed E-state index contributed by atoms with van der Waals surface area (Å²) >= 11 is 1.68. The molecule has 1 heterocycles. The van der Waals surface area contributed by atoms with Gasteiger partial charge in [-0.1, -0.05) is 31.2 Å². The van der Waals surface area contributed by atoms with Crippen molar-refractivity contribution < 1.29 is 8.42 Å². The molecule has 0 bridgehead atoms. The summed E-state index contributed by atoms with van der Waals surface area (Å²) in [6.45, 7) is 3.58. The van der Waals surface area contributed by atoms with Gasteiger partial charge in [0.2, 0.25) is 0 Å². The van der Waals surface area contributed by atoms with Crippen LogP contribution in [0.5, 0.6) is 0 Å². The van der Waals surface area contributed by atoms with Crippen molar-refractivity contribution in [3.8, 4) is 10.4 Å². The molecule has 0 spiro atoms. The summed E-state index contributed by atoms with van der Waals surface area (Å²) in [5.41, 5.74) is 2.09. The third-order valence-electron chi connectivity index (χ3n) is 3.06. The summed E-state index contributed by atoms with van der Waals surface area (Å²) < 4.78 is 23.4. The van der Waals surface area contributed by atoms with Gasteiger partial charge >= 0.3 is 0 Å². The molecular formula is C15H19NO2S2. The van der Waals surface area contributed by atoms with Crippen molar-refractivity contribution in [3.63, 3.8) is 0 Å². The van der Waals surface area contributed by atoms with Gasteiger partial charge in [0.15, 0.2) is 9.84 Å². The number of hydrogen-bond acceptors (Lipinski definition) is 4. The fourth-order valence-corrected chi connectivity index (χ4v) is 3.91. The summed E-state index contributed by atoms with van der Waals surface area (Å²) in [6, 6.07) is 12.0. The molecule has 1 atom stereocenters. The summed E-state index contributed by atoms with van der Waals surface area (Å²) in [6.07, 6.45) is 0. The first kappa shape index (κ1) is 15.1. The number of sulfone groups is 1. The second kappa shape index (κ2) is 6.41. The van der Waals surface area contributed by atoms with E-state index < -0.39 is 9.84 Å². The molecule has 0 aliphatic rings. The summed E-state index contributed by atoms with van der Waals surface area (Å²) in [7, 11) is -2.97. The van der Waals surface area contributed by atoms with Gasteiger partial charge in [0.05, 0.1) is 5.75 Å². The average molecular weight is 309 g/mol. The molecule has 1 N–H and O–H groups in total. The van der Waals surface area contributed by atoms with Crippen LogP contribution in [0.25, 0.3) is 10.4 Å². The molecule has 2 rings (SSSR count). The maximum atomic E-state index is 11.7. The van der Waals surface area contributed by atoms with Gasteiger partial charge in [-0.25, -0.2) is 8.42 Å². The fraction of sp³-hybridized carbons (Fsp3) is 0.333. The maximum absolute atomic E-state index is 11.7. The number of para-hydroxylation sites is 1. The molecule has 0 amide bonds. The van der Waals surface area contributed by atoms with Crippen molar-refractivity contribution in [2.75, 3.05) is 16.8 Å². The van der Waals surface area contributed by atoms with Crippen molar-refractivity contribution in [1.29, 1.82) is 0 Å². The molecule has 1 unspecified atom stereocenters. The lowest BCUT2D eigenvalue weighted by Crippen LogP contribution is -2.26. The Labute approximate surface area is 124 Å². The predicted molar refractivity (Wildman–Crippen MR) is 87.2 cm³/mol. The lowest BCUT2D eigenvalue weighted by molar-refractivity contribution is 0.593. The Morgan fingerprint density at radius 1 is 1.20 bits per heavy atom. The van der Waals surface area contributed by atoms with Crippen LogP contribution in [0.3, 0.4) is 0 Å². The van der Waals surface area contributed by atoms with Gasteiger partial charge in [-0.3, -0.25) is 0 Å². The lowest BCUT2D eigenvalue weighted by Gasteiger charge is -2.17. The minimum Gasteiger partial charge on any atom is -0.381 e. The zero-order valence-electron chi connectivity index (χ0n) is 11.7. The first-order chi connectivity index (χ1) is 9.52. The van der Waals surface area contributed by atoms with E-state index in [9.17, 15) is 8.42 Å². The fourth-order valence-electron chi connectivity index (χ4n) is 2.06. The molecule has 0 saturated heterocycles. The van der Waals surface area contributed by atoms with Gasteiger partial charge in [0.1, 0.15) is 0 Å². The molecule has 0 radical (unpaired) electrons. The van der Waals surface area contributed by atoms with Crippen molar-refractivity contribution >= 4 is 26.9 Å². The molecule has 0 fully saturated rings. The number of thiophene rings is 1. The van der Waals surface area contributed by atoms with Crippen LogP contribution in [0, 0.1) is 0 Å². The molecule has 5 heteroatoms. The van der Waals surface area contributed by atoms with Crippen LogP contribution in [-0.4, -0.2) is 26.0 Å². The smallest absolute Gasteiger partial charge is 0.152 e. The zero-order valence-corrected chi connectivity index (χ0v) is 13.3. The number of benzene rings is 1. The second-order valence-electron chi connectivity index (χ2n) is 4.77. The first-order valence-corrected chi connectivity index (χ1v) is 9.32. The van der Waals surface area contributed by atoms with E-state index in [0.29, 0.717) is 0 Å². The van der Waals surface area contributed by atoms with E-state index in [-0.39, 0.29) is 17.5 Å². The highest BCUT2D eigenvalue weighted by molar-refractivity contribution is 7.91. The highest BCUT2D eigenvalue weighted by Crippen LogP contribution is 2.31. The van der Waals surface area contributed by atoms with E-state index in [4.69, 9.17) is 0 Å². The maximum Gasteiger partial charge on any atom is 0.152 e. The molecule has 2 aromatic rings. The van der Waals surface area contributed by atoms with E-state index in [1.165, 1.54) is 4.88 Å². The molecular weight excluding hydrogens is 290 g/mol. The standard InChI is InChI=1S/C15H19NO2S2/c1-3-20(17,18)11-12(2)16-14-8-5-4-7-13(14)15-9-6-10-19-15/h4-10,12,16H,3,11H2,1-2H3. The van der Waals surface area contributed by atoms with Gasteiger partial charge in [-0.2, -0.15) is 0 Å². The van der Waals surface area contributed by atoms with Gasteiger partial charge in [0.25, 0.3) is 0 Å². The predicted octanol–water partition coefficient (Wildman–Crippen LogP) is 3.65. The molecule has 1 aromatic carbocycles. The van der Waals surface area contributed by atoms with Crippen molar-refractivity contribution in [2.45, 2.75) is 19.9 Å². The van der Waals surface area contributed by atoms with Gasteiger partial charge in [-0.05, 0) is 24.4 Å². The summed E-state index contributed by atoms with van der Waals surface area (Å²) in [4.78, 5) is 1.18. The highest BCUT2D eigenvalue weighted by Gasteiger charge is 2.15. The Kier molecular flexibility index (Phi) is 4.83. The largest absolute Gasteiger partial charge is 0.381 e. The number of nitrogens with one attached hydrogen (secondary N) is 1. The molecule has 3 nitrogen and oxygen atoms in total. The quantitative estimate of drug-likeness (QED) is 0.886. The molecule has 0 aliphatic carbocycles. The van der Waals surface area contributed by atoms with Crippen LogP contribution in [0.4, 0.5) is 5.69 Å². The number of hydrogen-bond donors (Lipinski definition) is 1. The number of anilines is 1. The first-order valence-electron chi connectivity index (χ1n) is 6.61.